The molecule has 0 saturated carbocycles. The molecule has 0 aliphatic carbocycles. The van der Waals surface area contributed by atoms with Gasteiger partial charge in [0.2, 0.25) is 0 Å². The van der Waals surface area contributed by atoms with Crippen molar-refractivity contribution >= 4 is 42.9 Å². The fourth-order valence-corrected chi connectivity index (χ4v) is 5.90. The van der Waals surface area contributed by atoms with Crippen molar-refractivity contribution in [2.75, 3.05) is 0 Å². The highest BCUT2D eigenvalue weighted by molar-refractivity contribution is 9.10. The van der Waals surface area contributed by atoms with Crippen LogP contribution < -0.4 is 5.69 Å². The van der Waals surface area contributed by atoms with Gasteiger partial charge in [-0.2, -0.15) is 0 Å². The summed E-state index contributed by atoms with van der Waals surface area (Å²) in [5.74, 6) is 0. The summed E-state index contributed by atoms with van der Waals surface area (Å²) >= 11 is 7.52. The third kappa shape index (κ3) is 4.80. The Kier molecular flexibility index (Phi) is 6.88. The number of hydrogen-bond donors (Lipinski definition) is 0. The molecule has 38 heavy (non-hydrogen) atoms. The van der Waals surface area contributed by atoms with Gasteiger partial charge in [0.1, 0.15) is 0 Å². The minimum atomic E-state index is -0.0238. The van der Waals surface area contributed by atoms with Crippen LogP contribution in [-0.2, 0) is 13.1 Å². The summed E-state index contributed by atoms with van der Waals surface area (Å²) in [5.41, 5.74) is 8.55. The van der Waals surface area contributed by atoms with Gasteiger partial charge in [0.25, 0.3) is 0 Å². The number of halogens is 2. The van der Waals surface area contributed by atoms with Crippen LogP contribution in [-0.4, -0.2) is 9.13 Å². The largest absolute Gasteiger partial charge is 0.329 e. The van der Waals surface area contributed by atoms with Gasteiger partial charge in [-0.25, -0.2) is 4.79 Å². The van der Waals surface area contributed by atoms with Gasteiger partial charge in [-0.05, 0) is 57.6 Å². The highest BCUT2D eigenvalue weighted by atomic mass is 79.9. The number of nitrogens with zero attached hydrogens (tertiary/aromatic N) is 2. The molecule has 0 aliphatic rings. The zero-order valence-electron chi connectivity index (χ0n) is 20.5. The van der Waals surface area contributed by atoms with Crippen molar-refractivity contribution in [1.82, 2.24) is 9.13 Å². The predicted molar refractivity (Wildman–Crippen MR) is 164 cm³/mol. The van der Waals surface area contributed by atoms with E-state index < -0.39 is 0 Å². The average Bonchev–Trinajstić information content (AvgIpc) is 3.22. The van der Waals surface area contributed by atoms with Crippen molar-refractivity contribution in [1.29, 1.82) is 0 Å². The minimum absolute atomic E-state index is 0.0238. The van der Waals surface area contributed by atoms with E-state index in [0.717, 1.165) is 53.4 Å². The van der Waals surface area contributed by atoms with Crippen LogP contribution in [0.2, 0.25) is 0 Å². The van der Waals surface area contributed by atoms with Crippen LogP contribution in [0.1, 0.15) is 11.1 Å². The number of para-hydroxylation sites is 2. The molecular weight excluding hydrogens is 600 g/mol. The Morgan fingerprint density at radius 1 is 0.474 bits per heavy atom. The zero-order valence-corrected chi connectivity index (χ0v) is 23.7. The molecule has 3 nitrogen and oxygen atoms in total. The summed E-state index contributed by atoms with van der Waals surface area (Å²) in [6.07, 6.45) is 0. The first kappa shape index (κ1) is 24.7. The zero-order chi connectivity index (χ0) is 26.1. The fraction of sp³-hybridized carbons (Fsp3) is 0.0606. The summed E-state index contributed by atoms with van der Waals surface area (Å²) in [5, 5.41) is 0. The summed E-state index contributed by atoms with van der Waals surface area (Å²) in [4.78, 5) is 13.8. The molecule has 0 unspecified atom stereocenters. The maximum Gasteiger partial charge on any atom is 0.329 e. The number of hydrogen-bond acceptors (Lipinski definition) is 1. The van der Waals surface area contributed by atoms with Gasteiger partial charge in [0.15, 0.2) is 0 Å². The van der Waals surface area contributed by atoms with E-state index >= 15 is 0 Å². The highest BCUT2D eigenvalue weighted by Crippen LogP contribution is 2.29. The number of aromatic nitrogens is 2. The molecule has 0 radical (unpaired) electrons. The normalized spacial score (nSPS) is 11.2. The smallest absolute Gasteiger partial charge is 0.287 e. The molecule has 0 spiro atoms. The summed E-state index contributed by atoms with van der Waals surface area (Å²) in [6.45, 7) is 0.965. The van der Waals surface area contributed by atoms with E-state index in [4.69, 9.17) is 0 Å². The highest BCUT2D eigenvalue weighted by Gasteiger charge is 2.16. The lowest BCUT2D eigenvalue weighted by atomic mass is 10.0. The third-order valence-electron chi connectivity index (χ3n) is 6.90. The van der Waals surface area contributed by atoms with E-state index in [2.05, 4.69) is 92.5 Å². The van der Waals surface area contributed by atoms with Crippen molar-refractivity contribution in [3.05, 3.63) is 152 Å². The van der Waals surface area contributed by atoms with Gasteiger partial charge in [0.05, 0.1) is 24.1 Å². The molecule has 5 heteroatoms. The standard InChI is InChI=1S/C33H24Br2N2O/c34-29-19-25(23-9-3-1-4-10-23)15-17-27(29)21-36-31-13-7-8-14-32(31)37(33(36)38)22-28-18-16-26(20-30(28)35)24-11-5-2-6-12-24/h1-20H,21-22H2. The van der Waals surface area contributed by atoms with E-state index in [1.807, 2.05) is 69.8 Å². The Morgan fingerprint density at radius 2 is 0.868 bits per heavy atom. The fourth-order valence-electron chi connectivity index (χ4n) is 4.89. The first-order chi connectivity index (χ1) is 18.6. The number of rotatable bonds is 6. The topological polar surface area (TPSA) is 26.9 Å². The molecule has 0 atom stereocenters. The van der Waals surface area contributed by atoms with Crippen LogP contribution in [0.15, 0.2) is 135 Å². The van der Waals surface area contributed by atoms with Crippen LogP contribution >= 0.6 is 31.9 Å². The lowest BCUT2D eigenvalue weighted by molar-refractivity contribution is 0.699. The van der Waals surface area contributed by atoms with Gasteiger partial charge in [-0.1, -0.05) is 129 Å². The van der Waals surface area contributed by atoms with Crippen LogP contribution in [0.5, 0.6) is 0 Å². The Hall–Kier alpha value is -3.67. The van der Waals surface area contributed by atoms with Crippen LogP contribution in [0, 0.1) is 0 Å². The Balaban J connectivity index is 1.35. The number of benzene rings is 5. The maximum absolute atomic E-state index is 13.8. The monoisotopic (exact) mass is 622 g/mol. The molecule has 5 aromatic carbocycles. The molecule has 0 fully saturated rings. The second-order valence-electron chi connectivity index (χ2n) is 9.29. The minimum Gasteiger partial charge on any atom is -0.287 e. The van der Waals surface area contributed by atoms with Gasteiger partial charge in [0, 0.05) is 8.95 Å². The molecule has 0 amide bonds. The van der Waals surface area contributed by atoms with Crippen molar-refractivity contribution in [3.8, 4) is 22.3 Å². The Bertz CT molecular complexity index is 1670. The molecule has 1 heterocycles. The van der Waals surface area contributed by atoms with Gasteiger partial charge < -0.3 is 0 Å². The summed E-state index contributed by atoms with van der Waals surface area (Å²) < 4.78 is 5.71. The Labute approximate surface area is 238 Å². The molecule has 0 bridgehead atoms. The Morgan fingerprint density at radius 3 is 1.26 bits per heavy atom. The van der Waals surface area contributed by atoms with Crippen molar-refractivity contribution < 1.29 is 0 Å². The third-order valence-corrected chi connectivity index (χ3v) is 8.38. The first-order valence-corrected chi connectivity index (χ1v) is 14.0. The van der Waals surface area contributed by atoms with Crippen molar-refractivity contribution in [3.63, 3.8) is 0 Å². The average molecular weight is 624 g/mol. The number of imidazole rings is 1. The number of fused-ring (bicyclic) bond motifs is 1. The van der Waals surface area contributed by atoms with Gasteiger partial charge in [-0.3, -0.25) is 9.13 Å². The van der Waals surface area contributed by atoms with Crippen LogP contribution in [0.25, 0.3) is 33.3 Å². The van der Waals surface area contributed by atoms with Crippen LogP contribution in [0.3, 0.4) is 0 Å². The first-order valence-electron chi connectivity index (χ1n) is 12.4. The maximum atomic E-state index is 13.8. The van der Waals surface area contributed by atoms with Gasteiger partial charge >= 0.3 is 5.69 Å². The second kappa shape index (κ2) is 10.6. The second-order valence-corrected chi connectivity index (χ2v) is 11.0. The van der Waals surface area contributed by atoms with E-state index in [-0.39, 0.29) is 5.69 Å². The lowest BCUT2D eigenvalue weighted by Crippen LogP contribution is -2.25. The predicted octanol–water partition coefficient (Wildman–Crippen LogP) is 8.76. The summed E-state index contributed by atoms with van der Waals surface area (Å²) in [7, 11) is 0. The van der Waals surface area contributed by atoms with Gasteiger partial charge in [-0.15, -0.1) is 0 Å². The molecule has 6 rings (SSSR count). The lowest BCUT2D eigenvalue weighted by Gasteiger charge is -2.10. The van der Waals surface area contributed by atoms with E-state index in [0.29, 0.717) is 13.1 Å². The molecule has 6 aromatic rings. The van der Waals surface area contributed by atoms with Crippen molar-refractivity contribution in [2.45, 2.75) is 13.1 Å². The molecule has 0 saturated heterocycles. The molecule has 0 aliphatic heterocycles. The van der Waals surface area contributed by atoms with E-state index in [1.165, 1.54) is 0 Å². The molecular formula is C33H24Br2N2O. The van der Waals surface area contributed by atoms with Crippen molar-refractivity contribution in [2.24, 2.45) is 0 Å². The molecule has 0 N–H and O–H groups in total. The molecule has 1 aromatic heterocycles. The SMILES string of the molecule is O=c1n(Cc2ccc(-c3ccccc3)cc2Br)c2ccccc2n1Cc1ccc(-c2ccccc2)cc1Br. The summed E-state index contributed by atoms with van der Waals surface area (Å²) in [6, 6.07) is 41.3. The van der Waals surface area contributed by atoms with Crippen LogP contribution in [0.4, 0.5) is 0 Å². The quantitative estimate of drug-likeness (QED) is 0.182. The van der Waals surface area contributed by atoms with E-state index in [1.54, 1.807) is 0 Å². The molecule has 186 valence electrons. The van der Waals surface area contributed by atoms with E-state index in [9.17, 15) is 4.79 Å².